The number of nitrogens with one attached hydrogen (secondary N) is 1. The molecule has 2 atom stereocenters. The van der Waals surface area contributed by atoms with Crippen LogP contribution in [0.25, 0.3) is 0 Å². The summed E-state index contributed by atoms with van der Waals surface area (Å²) in [5.74, 6) is 0.0437. The highest BCUT2D eigenvalue weighted by Crippen LogP contribution is 2.27. The first kappa shape index (κ1) is 19.8. The van der Waals surface area contributed by atoms with E-state index in [1.165, 1.54) is 0 Å². The van der Waals surface area contributed by atoms with E-state index in [2.05, 4.69) is 5.32 Å². The molecule has 1 aromatic rings. The summed E-state index contributed by atoms with van der Waals surface area (Å²) in [7, 11) is 0. The van der Waals surface area contributed by atoms with Crippen molar-refractivity contribution in [1.82, 2.24) is 10.2 Å². The Bertz CT molecular complexity index is 706. The summed E-state index contributed by atoms with van der Waals surface area (Å²) in [6.07, 6.45) is 3.37. The highest BCUT2D eigenvalue weighted by atomic mass is 32.2. The lowest BCUT2D eigenvalue weighted by Crippen LogP contribution is -2.57. The van der Waals surface area contributed by atoms with Gasteiger partial charge < -0.3 is 5.32 Å². The van der Waals surface area contributed by atoms with Gasteiger partial charge in [0.05, 0.1) is 11.9 Å². The molecular weight excluding hydrogens is 364 g/mol. The smallest absolute Gasteiger partial charge is 0.221 e. The summed E-state index contributed by atoms with van der Waals surface area (Å²) in [4.78, 5) is 50.4. The molecule has 144 valence electrons. The van der Waals surface area contributed by atoms with Gasteiger partial charge in [0.25, 0.3) is 0 Å². The van der Waals surface area contributed by atoms with Crippen LogP contribution in [0.1, 0.15) is 48.9 Å². The molecule has 0 radical (unpaired) electrons. The highest BCUT2D eigenvalue weighted by Gasteiger charge is 2.42. The minimum Gasteiger partial charge on any atom is -0.341 e. The first-order valence-electron chi connectivity index (χ1n) is 9.39. The van der Waals surface area contributed by atoms with Crippen LogP contribution in [-0.2, 0) is 14.4 Å². The van der Waals surface area contributed by atoms with Gasteiger partial charge in [-0.25, -0.2) is 0 Å². The lowest BCUT2D eigenvalue weighted by Gasteiger charge is -2.38. The van der Waals surface area contributed by atoms with Crippen LogP contribution in [0.15, 0.2) is 30.3 Å². The summed E-state index contributed by atoms with van der Waals surface area (Å²) in [6, 6.07) is 8.33. The molecule has 0 bridgehead atoms. The Morgan fingerprint density at radius 2 is 1.89 bits per heavy atom. The maximum absolute atomic E-state index is 12.3. The predicted molar refractivity (Wildman–Crippen MR) is 103 cm³/mol. The minimum atomic E-state index is -0.722. The number of benzene rings is 1. The maximum atomic E-state index is 12.3. The fourth-order valence-electron chi connectivity index (χ4n) is 3.61. The monoisotopic (exact) mass is 388 g/mol. The molecule has 2 unspecified atom stereocenters. The van der Waals surface area contributed by atoms with Crippen molar-refractivity contribution in [2.24, 2.45) is 0 Å². The van der Waals surface area contributed by atoms with E-state index in [1.807, 2.05) is 23.1 Å². The number of nitrogens with zero attached hydrogens (tertiary/aromatic N) is 1. The zero-order valence-corrected chi connectivity index (χ0v) is 16.0. The standard InChI is InChI=1S/C20H24N2O4S/c23-15(14-7-2-1-3-8-14)9-6-11-18(25)21-17-10-4-5-12-22(17)19-16(24)13-27-20(19)26/h1-3,7-8,17,19H,4-6,9-13H2,(H,21,25). The molecule has 1 aromatic carbocycles. The van der Waals surface area contributed by atoms with Crippen LogP contribution in [0.5, 0.6) is 0 Å². The van der Waals surface area contributed by atoms with Crippen LogP contribution in [0.3, 0.4) is 0 Å². The number of likely N-dealkylation sites (tertiary alicyclic amines) is 1. The molecule has 2 aliphatic rings. The number of thioether (sulfide) groups is 1. The van der Waals surface area contributed by atoms with E-state index in [0.717, 1.165) is 31.0 Å². The summed E-state index contributed by atoms with van der Waals surface area (Å²) in [5.41, 5.74) is 0.659. The third-order valence-corrected chi connectivity index (χ3v) is 5.93. The lowest BCUT2D eigenvalue weighted by molar-refractivity contribution is -0.133. The van der Waals surface area contributed by atoms with Gasteiger partial charge in [0, 0.05) is 24.9 Å². The molecule has 2 fully saturated rings. The summed E-state index contributed by atoms with van der Waals surface area (Å²) in [5, 5.41) is 2.85. The summed E-state index contributed by atoms with van der Waals surface area (Å²) < 4.78 is 0. The van der Waals surface area contributed by atoms with E-state index in [-0.39, 0.29) is 40.9 Å². The van der Waals surface area contributed by atoms with Gasteiger partial charge in [-0.2, -0.15) is 0 Å². The number of ketones is 2. The topological polar surface area (TPSA) is 83.6 Å². The number of piperidine rings is 1. The Morgan fingerprint density at radius 1 is 1.11 bits per heavy atom. The second kappa shape index (κ2) is 9.28. The van der Waals surface area contributed by atoms with Crippen LogP contribution in [0, 0.1) is 0 Å². The molecule has 3 rings (SSSR count). The number of carbonyl (C=O) groups excluding carboxylic acids is 4. The maximum Gasteiger partial charge on any atom is 0.221 e. The fourth-order valence-corrected chi connectivity index (χ4v) is 4.47. The number of Topliss-reactive ketones (excluding diaryl/α,β-unsaturated/α-hetero) is 2. The fraction of sp³-hybridized carbons (Fsp3) is 0.500. The Kier molecular flexibility index (Phi) is 6.79. The second-order valence-electron chi connectivity index (χ2n) is 6.94. The molecular formula is C20H24N2O4S. The molecule has 27 heavy (non-hydrogen) atoms. The lowest BCUT2D eigenvalue weighted by atomic mass is 10.0. The number of rotatable bonds is 7. The number of carbonyl (C=O) groups is 4. The third kappa shape index (κ3) is 5.05. The van der Waals surface area contributed by atoms with E-state index >= 15 is 0 Å². The molecule has 2 heterocycles. The summed E-state index contributed by atoms with van der Waals surface area (Å²) in [6.45, 7) is 0.639. The quantitative estimate of drug-likeness (QED) is 0.569. The van der Waals surface area contributed by atoms with E-state index in [1.54, 1.807) is 12.1 Å². The SMILES string of the molecule is O=C(CCCC(=O)c1ccccc1)NC1CCCCN1C1C(=O)CSC1=O. The van der Waals surface area contributed by atoms with Crippen molar-refractivity contribution in [3.05, 3.63) is 35.9 Å². The van der Waals surface area contributed by atoms with E-state index in [9.17, 15) is 19.2 Å². The first-order chi connectivity index (χ1) is 13.1. The predicted octanol–water partition coefficient (Wildman–Crippen LogP) is 2.18. The number of hydrogen-bond acceptors (Lipinski definition) is 6. The first-order valence-corrected chi connectivity index (χ1v) is 10.4. The molecule has 1 amide bonds. The Labute approximate surface area is 163 Å². The number of amides is 1. The molecule has 0 spiro atoms. The van der Waals surface area contributed by atoms with Crippen molar-refractivity contribution in [3.63, 3.8) is 0 Å². The third-order valence-electron chi connectivity index (χ3n) is 4.99. The highest BCUT2D eigenvalue weighted by molar-refractivity contribution is 8.15. The molecule has 2 saturated heterocycles. The molecule has 7 heteroatoms. The zero-order valence-electron chi connectivity index (χ0n) is 15.2. The average Bonchev–Trinajstić information content (AvgIpc) is 3.01. The second-order valence-corrected chi connectivity index (χ2v) is 7.92. The molecule has 2 aliphatic heterocycles. The molecule has 0 aliphatic carbocycles. The van der Waals surface area contributed by atoms with Crippen LogP contribution in [0.4, 0.5) is 0 Å². The van der Waals surface area contributed by atoms with Crippen molar-refractivity contribution < 1.29 is 19.2 Å². The van der Waals surface area contributed by atoms with Crippen molar-refractivity contribution in [2.75, 3.05) is 12.3 Å². The Hall–Kier alpha value is -1.99. The van der Waals surface area contributed by atoms with Crippen LogP contribution >= 0.6 is 11.8 Å². The number of hydrogen-bond donors (Lipinski definition) is 1. The molecule has 1 N–H and O–H groups in total. The van der Waals surface area contributed by atoms with Crippen molar-refractivity contribution >= 4 is 34.4 Å². The minimum absolute atomic E-state index is 0.0295. The average molecular weight is 388 g/mol. The Morgan fingerprint density at radius 3 is 2.59 bits per heavy atom. The van der Waals surface area contributed by atoms with Gasteiger partial charge in [-0.1, -0.05) is 42.1 Å². The van der Waals surface area contributed by atoms with Gasteiger partial charge in [0.15, 0.2) is 11.6 Å². The Balaban J connectivity index is 1.49. The van der Waals surface area contributed by atoms with Gasteiger partial charge >= 0.3 is 0 Å². The molecule has 0 aromatic heterocycles. The van der Waals surface area contributed by atoms with Gasteiger partial charge in [0.2, 0.25) is 11.0 Å². The molecule has 0 saturated carbocycles. The van der Waals surface area contributed by atoms with Crippen molar-refractivity contribution in [3.8, 4) is 0 Å². The van der Waals surface area contributed by atoms with Crippen molar-refractivity contribution in [1.29, 1.82) is 0 Å². The van der Waals surface area contributed by atoms with Crippen LogP contribution in [-0.4, -0.2) is 52.0 Å². The van der Waals surface area contributed by atoms with Gasteiger partial charge in [-0.15, -0.1) is 0 Å². The van der Waals surface area contributed by atoms with Gasteiger partial charge in [0.1, 0.15) is 6.04 Å². The van der Waals surface area contributed by atoms with E-state index < -0.39 is 6.04 Å². The zero-order chi connectivity index (χ0) is 19.2. The molecule has 6 nitrogen and oxygen atoms in total. The normalized spacial score (nSPS) is 23.4. The van der Waals surface area contributed by atoms with Crippen LogP contribution in [0.2, 0.25) is 0 Å². The van der Waals surface area contributed by atoms with E-state index in [0.29, 0.717) is 24.9 Å². The van der Waals surface area contributed by atoms with E-state index in [4.69, 9.17) is 0 Å². The largest absolute Gasteiger partial charge is 0.341 e. The van der Waals surface area contributed by atoms with Crippen LogP contribution < -0.4 is 5.32 Å². The van der Waals surface area contributed by atoms with Gasteiger partial charge in [-0.3, -0.25) is 24.1 Å². The van der Waals surface area contributed by atoms with Crippen molar-refractivity contribution in [2.45, 2.75) is 50.7 Å². The van der Waals surface area contributed by atoms with Gasteiger partial charge in [-0.05, 0) is 25.7 Å². The summed E-state index contributed by atoms with van der Waals surface area (Å²) >= 11 is 1.06.